The molecule has 0 bridgehead atoms. The van der Waals surface area contributed by atoms with Crippen molar-refractivity contribution in [3.05, 3.63) is 52.2 Å². The van der Waals surface area contributed by atoms with Gasteiger partial charge in [0.2, 0.25) is 5.91 Å². The molecule has 0 spiro atoms. The van der Waals surface area contributed by atoms with Crippen molar-refractivity contribution in [2.24, 2.45) is 5.92 Å². The number of hydrogen-bond donors (Lipinski definition) is 1. The number of amides is 1. The molecular formula is C19H18ClN3O3S3. The van der Waals surface area contributed by atoms with Crippen LogP contribution in [0.2, 0.25) is 5.02 Å². The molecule has 1 saturated heterocycles. The number of anilines is 1. The van der Waals surface area contributed by atoms with Crippen molar-refractivity contribution in [3.63, 3.8) is 0 Å². The van der Waals surface area contributed by atoms with Crippen LogP contribution < -0.4 is 5.32 Å². The van der Waals surface area contributed by atoms with Crippen LogP contribution in [0.15, 0.2) is 51.4 Å². The number of halogens is 1. The van der Waals surface area contributed by atoms with Gasteiger partial charge in [-0.2, -0.15) is 4.31 Å². The lowest BCUT2D eigenvalue weighted by molar-refractivity contribution is -0.120. The SMILES string of the molecule is O=C(Nc1nc(-c2ccc(Cl)cc2)cs1)C1CCCN(S(=O)(=O)c2cccs2)C1. The van der Waals surface area contributed by atoms with Crippen molar-refractivity contribution < 1.29 is 13.2 Å². The van der Waals surface area contributed by atoms with Gasteiger partial charge in [-0.15, -0.1) is 22.7 Å². The van der Waals surface area contributed by atoms with Crippen LogP contribution >= 0.6 is 34.3 Å². The van der Waals surface area contributed by atoms with E-state index >= 15 is 0 Å². The largest absolute Gasteiger partial charge is 0.302 e. The zero-order valence-corrected chi connectivity index (χ0v) is 18.5. The molecule has 1 unspecified atom stereocenters. The molecular weight excluding hydrogens is 450 g/mol. The first-order valence-corrected chi connectivity index (χ1v) is 12.6. The maximum absolute atomic E-state index is 12.7. The number of thiazole rings is 1. The van der Waals surface area contributed by atoms with E-state index in [2.05, 4.69) is 10.3 Å². The van der Waals surface area contributed by atoms with Crippen molar-refractivity contribution in [1.29, 1.82) is 0 Å². The van der Waals surface area contributed by atoms with Crippen LogP contribution in [0.3, 0.4) is 0 Å². The molecule has 6 nitrogen and oxygen atoms in total. The number of nitrogens with one attached hydrogen (secondary N) is 1. The highest BCUT2D eigenvalue weighted by Crippen LogP contribution is 2.29. The monoisotopic (exact) mass is 467 g/mol. The van der Waals surface area contributed by atoms with Gasteiger partial charge in [-0.05, 0) is 36.4 Å². The molecule has 1 aliphatic heterocycles. The normalized spacial score (nSPS) is 17.9. The Morgan fingerprint density at radius 3 is 2.72 bits per heavy atom. The molecule has 29 heavy (non-hydrogen) atoms. The highest BCUT2D eigenvalue weighted by Gasteiger charge is 2.34. The number of aromatic nitrogens is 1. The molecule has 1 aliphatic rings. The number of nitrogens with zero attached hydrogens (tertiary/aromatic N) is 2. The predicted molar refractivity (Wildman–Crippen MR) is 117 cm³/mol. The van der Waals surface area contributed by atoms with Gasteiger partial charge in [-0.1, -0.05) is 29.8 Å². The Labute approximate surface area is 182 Å². The fraction of sp³-hybridized carbons (Fsp3) is 0.263. The van der Waals surface area contributed by atoms with E-state index in [1.807, 2.05) is 17.5 Å². The van der Waals surface area contributed by atoms with Crippen LogP contribution in [0.4, 0.5) is 5.13 Å². The summed E-state index contributed by atoms with van der Waals surface area (Å²) in [6, 6.07) is 10.6. The van der Waals surface area contributed by atoms with Crippen LogP contribution in [0.25, 0.3) is 11.3 Å². The summed E-state index contributed by atoms with van der Waals surface area (Å²) in [4.78, 5) is 17.2. The number of piperidine rings is 1. The second-order valence-corrected chi connectivity index (χ2v) is 11.1. The lowest BCUT2D eigenvalue weighted by Crippen LogP contribution is -2.43. The molecule has 4 rings (SSSR count). The first-order chi connectivity index (χ1) is 13.9. The number of hydrogen-bond acceptors (Lipinski definition) is 6. The third-order valence-corrected chi connectivity index (χ3v) is 8.97. The first kappa shape index (κ1) is 20.5. The fourth-order valence-corrected chi connectivity index (χ4v) is 6.72. The number of carbonyl (C=O) groups is 1. The average molecular weight is 468 g/mol. The van der Waals surface area contributed by atoms with E-state index < -0.39 is 15.9 Å². The summed E-state index contributed by atoms with van der Waals surface area (Å²) >= 11 is 8.44. The number of carbonyl (C=O) groups excluding carboxylic acids is 1. The number of benzene rings is 1. The molecule has 152 valence electrons. The van der Waals surface area contributed by atoms with Crippen molar-refractivity contribution >= 4 is 55.3 Å². The van der Waals surface area contributed by atoms with E-state index in [9.17, 15) is 13.2 Å². The average Bonchev–Trinajstić information content (AvgIpc) is 3.41. The zero-order chi connectivity index (χ0) is 20.4. The van der Waals surface area contributed by atoms with Crippen molar-refractivity contribution in [1.82, 2.24) is 9.29 Å². The summed E-state index contributed by atoms with van der Waals surface area (Å²) in [5.74, 6) is -0.602. The van der Waals surface area contributed by atoms with Gasteiger partial charge in [0, 0.05) is 29.1 Å². The van der Waals surface area contributed by atoms with Gasteiger partial charge in [0.05, 0.1) is 11.6 Å². The zero-order valence-electron chi connectivity index (χ0n) is 15.2. The molecule has 0 saturated carbocycles. The topological polar surface area (TPSA) is 79.4 Å². The molecule has 1 fully saturated rings. The highest BCUT2D eigenvalue weighted by atomic mass is 35.5. The van der Waals surface area contributed by atoms with Crippen molar-refractivity contribution in [2.75, 3.05) is 18.4 Å². The Kier molecular flexibility index (Phi) is 6.03. The van der Waals surface area contributed by atoms with Gasteiger partial charge in [-0.3, -0.25) is 4.79 Å². The Morgan fingerprint density at radius 2 is 2.00 bits per heavy atom. The van der Waals surface area contributed by atoms with Gasteiger partial charge in [0.1, 0.15) is 4.21 Å². The first-order valence-electron chi connectivity index (χ1n) is 8.99. The van der Waals surface area contributed by atoms with Gasteiger partial charge < -0.3 is 5.32 Å². The lowest BCUT2D eigenvalue weighted by atomic mass is 9.99. The molecule has 3 aromatic rings. The number of thiophene rings is 1. The Bertz CT molecular complexity index is 1100. The van der Waals surface area contributed by atoms with E-state index in [0.29, 0.717) is 33.7 Å². The Hall–Kier alpha value is -1.78. The highest BCUT2D eigenvalue weighted by molar-refractivity contribution is 7.91. The maximum atomic E-state index is 12.7. The third-order valence-electron chi connectivity index (χ3n) is 4.72. The van der Waals surface area contributed by atoms with Crippen LogP contribution in [-0.2, 0) is 14.8 Å². The van der Waals surface area contributed by atoms with E-state index in [1.54, 1.807) is 29.6 Å². The summed E-state index contributed by atoms with van der Waals surface area (Å²) in [6.07, 6.45) is 1.30. The van der Waals surface area contributed by atoms with Crippen LogP contribution in [-0.4, -0.2) is 36.7 Å². The molecule has 10 heteroatoms. The minimum Gasteiger partial charge on any atom is -0.302 e. The van der Waals surface area contributed by atoms with Crippen molar-refractivity contribution in [3.8, 4) is 11.3 Å². The summed E-state index contributed by atoms with van der Waals surface area (Å²) in [5, 5.41) is 7.60. The van der Waals surface area contributed by atoms with E-state index in [-0.39, 0.29) is 12.5 Å². The van der Waals surface area contributed by atoms with Crippen molar-refractivity contribution in [2.45, 2.75) is 17.1 Å². The smallest absolute Gasteiger partial charge is 0.252 e. The molecule has 2 aromatic heterocycles. The molecule has 1 atom stereocenters. The van der Waals surface area contributed by atoms with Crippen LogP contribution in [0, 0.1) is 5.92 Å². The van der Waals surface area contributed by atoms with Gasteiger partial charge in [-0.25, -0.2) is 13.4 Å². The van der Waals surface area contributed by atoms with Crippen LogP contribution in [0.5, 0.6) is 0 Å². The lowest BCUT2D eigenvalue weighted by Gasteiger charge is -2.30. The molecule has 0 radical (unpaired) electrons. The maximum Gasteiger partial charge on any atom is 0.252 e. The second kappa shape index (κ2) is 8.53. The van der Waals surface area contributed by atoms with Gasteiger partial charge in [0.15, 0.2) is 5.13 Å². The molecule has 3 heterocycles. The van der Waals surface area contributed by atoms with E-state index in [4.69, 9.17) is 11.6 Å². The summed E-state index contributed by atoms with van der Waals surface area (Å²) < 4.78 is 27.2. The van der Waals surface area contributed by atoms with Crippen LogP contribution in [0.1, 0.15) is 12.8 Å². The second-order valence-electron chi connectivity index (χ2n) is 6.67. The fourth-order valence-electron chi connectivity index (χ4n) is 3.20. The third kappa shape index (κ3) is 4.54. The number of sulfonamides is 1. The number of rotatable bonds is 5. The molecule has 0 aliphatic carbocycles. The summed E-state index contributed by atoms with van der Waals surface area (Å²) in [5.41, 5.74) is 1.67. The Balaban J connectivity index is 1.43. The molecule has 1 amide bonds. The standard InChI is InChI=1S/C19H18ClN3O3S3/c20-15-7-5-13(6-8-15)16-12-28-19(21-16)22-18(24)14-3-1-9-23(11-14)29(25,26)17-4-2-10-27-17/h2,4-8,10,12,14H,1,3,9,11H2,(H,21,22,24). The molecule has 1 aromatic carbocycles. The van der Waals surface area contributed by atoms with E-state index in [1.165, 1.54) is 27.0 Å². The Morgan fingerprint density at radius 1 is 1.21 bits per heavy atom. The minimum atomic E-state index is -3.55. The summed E-state index contributed by atoms with van der Waals surface area (Å²) in [6.45, 7) is 0.615. The molecule has 1 N–H and O–H groups in total. The minimum absolute atomic E-state index is 0.182. The van der Waals surface area contributed by atoms with E-state index in [0.717, 1.165) is 11.3 Å². The van der Waals surface area contributed by atoms with Gasteiger partial charge >= 0.3 is 0 Å². The van der Waals surface area contributed by atoms with Gasteiger partial charge in [0.25, 0.3) is 10.0 Å². The predicted octanol–water partition coefficient (Wildman–Crippen LogP) is 4.56. The quantitative estimate of drug-likeness (QED) is 0.596. The summed E-state index contributed by atoms with van der Waals surface area (Å²) in [7, 11) is -3.55.